The monoisotopic (exact) mass is 386 g/mol. The van der Waals surface area contributed by atoms with Crippen molar-refractivity contribution >= 4 is 15.7 Å². The fourth-order valence-corrected chi connectivity index (χ4v) is 5.38. The lowest BCUT2D eigenvalue weighted by Gasteiger charge is -2.26. The van der Waals surface area contributed by atoms with Gasteiger partial charge in [0.05, 0.1) is 10.6 Å². The lowest BCUT2D eigenvalue weighted by Crippen LogP contribution is -2.31. The van der Waals surface area contributed by atoms with E-state index in [1.165, 1.54) is 22.0 Å². The first-order chi connectivity index (χ1) is 12.9. The van der Waals surface area contributed by atoms with Crippen LogP contribution < -0.4 is 4.31 Å². The molecule has 1 unspecified atom stereocenters. The van der Waals surface area contributed by atoms with Crippen molar-refractivity contribution in [3.63, 3.8) is 0 Å². The smallest absolute Gasteiger partial charge is 0.264 e. The maximum Gasteiger partial charge on any atom is 0.264 e. The molecule has 0 amide bonds. The van der Waals surface area contributed by atoms with Gasteiger partial charge in [0.1, 0.15) is 5.82 Å². The molecule has 4 nitrogen and oxygen atoms in total. The Morgan fingerprint density at radius 1 is 1.11 bits per heavy atom. The number of benzene rings is 2. The molecule has 2 aliphatic rings. The Morgan fingerprint density at radius 2 is 1.85 bits per heavy atom. The number of sulfonamides is 1. The summed E-state index contributed by atoms with van der Waals surface area (Å²) in [6, 6.07) is 11.3. The number of fused-ring (bicyclic) bond motifs is 1. The summed E-state index contributed by atoms with van der Waals surface area (Å²) in [5, 5.41) is 0. The maximum atomic E-state index is 14.0. The van der Waals surface area contributed by atoms with Crippen LogP contribution in [0.5, 0.6) is 0 Å². The molecular weight excluding hydrogens is 363 g/mol. The summed E-state index contributed by atoms with van der Waals surface area (Å²) in [5.41, 5.74) is 3.55. The number of hydrogen-bond donors (Lipinski definition) is 0. The molecule has 2 aromatic rings. The number of anilines is 1. The van der Waals surface area contributed by atoms with E-state index >= 15 is 0 Å². The van der Waals surface area contributed by atoms with Crippen molar-refractivity contribution in [1.82, 2.24) is 4.90 Å². The predicted octanol–water partition coefficient (Wildman–Crippen LogP) is 3.69. The first-order valence-corrected chi connectivity index (χ1v) is 10.6. The van der Waals surface area contributed by atoms with E-state index in [0.717, 1.165) is 30.6 Å². The van der Waals surface area contributed by atoms with Gasteiger partial charge in [-0.15, -0.1) is 0 Å². The first kappa shape index (κ1) is 18.2. The highest BCUT2D eigenvalue weighted by molar-refractivity contribution is 7.92. The van der Waals surface area contributed by atoms with Crippen molar-refractivity contribution in [2.75, 3.05) is 31.0 Å². The molecule has 27 heavy (non-hydrogen) atoms. The summed E-state index contributed by atoms with van der Waals surface area (Å²) in [6.45, 7) is 4.01. The number of halogens is 1. The molecule has 1 atom stereocenters. The molecule has 0 fully saturated rings. The van der Waals surface area contributed by atoms with Gasteiger partial charge in [-0.1, -0.05) is 29.3 Å². The number of nitrogens with zero attached hydrogens (tertiary/aromatic N) is 2. The van der Waals surface area contributed by atoms with Gasteiger partial charge in [0.15, 0.2) is 0 Å². The van der Waals surface area contributed by atoms with Gasteiger partial charge in [-0.3, -0.25) is 4.31 Å². The van der Waals surface area contributed by atoms with Crippen molar-refractivity contribution in [2.24, 2.45) is 0 Å². The average Bonchev–Trinajstić information content (AvgIpc) is 3.02. The maximum absolute atomic E-state index is 14.0. The highest BCUT2D eigenvalue weighted by Gasteiger charge is 2.38. The molecule has 142 valence electrons. The minimum Gasteiger partial charge on any atom is -0.302 e. The molecule has 0 aliphatic carbocycles. The molecular formula is C21H23FN2O2S. The van der Waals surface area contributed by atoms with Crippen LogP contribution in [0.4, 0.5) is 10.1 Å². The molecule has 0 saturated heterocycles. The summed E-state index contributed by atoms with van der Waals surface area (Å²) < 4.78 is 42.0. The summed E-state index contributed by atoms with van der Waals surface area (Å²) in [6.07, 6.45) is 3.03. The van der Waals surface area contributed by atoms with Crippen LogP contribution in [0.25, 0.3) is 0 Å². The van der Waals surface area contributed by atoms with Gasteiger partial charge in [0, 0.05) is 25.6 Å². The molecule has 6 heteroatoms. The zero-order valence-electron chi connectivity index (χ0n) is 15.5. The van der Waals surface area contributed by atoms with Crippen molar-refractivity contribution in [3.05, 3.63) is 71.1 Å². The number of likely N-dealkylation sites (N-methyl/N-ethyl adjacent to an activating group) is 1. The molecule has 2 aliphatic heterocycles. The Labute approximate surface area is 160 Å². The SMILES string of the molecule is Cc1ccc(S(=O)(=O)N2CC(C3=CCN(C)CC3)c3cc(F)ccc32)cc1. The van der Waals surface area contributed by atoms with E-state index in [1.54, 1.807) is 30.3 Å². The van der Waals surface area contributed by atoms with Crippen molar-refractivity contribution in [1.29, 1.82) is 0 Å². The first-order valence-electron chi connectivity index (χ1n) is 9.12. The highest BCUT2D eigenvalue weighted by Crippen LogP contribution is 2.44. The van der Waals surface area contributed by atoms with Crippen molar-refractivity contribution in [3.8, 4) is 0 Å². The predicted molar refractivity (Wildman–Crippen MR) is 105 cm³/mol. The third-order valence-electron chi connectivity index (χ3n) is 5.49. The molecule has 0 saturated carbocycles. The Kier molecular flexibility index (Phi) is 4.56. The van der Waals surface area contributed by atoms with Gasteiger partial charge in [0.2, 0.25) is 0 Å². The van der Waals surface area contributed by atoms with Crippen LogP contribution >= 0.6 is 0 Å². The van der Waals surface area contributed by atoms with Gasteiger partial charge in [-0.2, -0.15) is 0 Å². The van der Waals surface area contributed by atoms with Gasteiger partial charge in [-0.05, 0) is 56.3 Å². The van der Waals surface area contributed by atoms with Crippen molar-refractivity contribution < 1.29 is 12.8 Å². The summed E-state index contributed by atoms with van der Waals surface area (Å²) in [7, 11) is -1.63. The largest absolute Gasteiger partial charge is 0.302 e. The van der Waals surface area contributed by atoms with Crippen LogP contribution in [-0.4, -0.2) is 40.0 Å². The van der Waals surface area contributed by atoms with Gasteiger partial charge >= 0.3 is 0 Å². The van der Waals surface area contributed by atoms with Gasteiger partial charge < -0.3 is 4.90 Å². The van der Waals surface area contributed by atoms with Crippen LogP contribution in [0.15, 0.2) is 59.0 Å². The second-order valence-electron chi connectivity index (χ2n) is 7.40. The zero-order valence-corrected chi connectivity index (χ0v) is 16.3. The normalized spacial score (nSPS) is 20.5. The molecule has 0 N–H and O–H groups in total. The van der Waals surface area contributed by atoms with E-state index < -0.39 is 10.0 Å². The summed E-state index contributed by atoms with van der Waals surface area (Å²) in [5.74, 6) is -0.425. The van der Waals surface area contributed by atoms with Crippen LogP contribution in [0, 0.1) is 12.7 Å². The lowest BCUT2D eigenvalue weighted by atomic mass is 9.89. The fourth-order valence-electron chi connectivity index (χ4n) is 3.88. The molecule has 0 aromatic heterocycles. The standard InChI is InChI=1S/C21H23FN2O2S/c1-15-3-6-18(7-4-15)27(25,26)24-14-20(16-9-11-23(2)12-10-16)19-13-17(22)5-8-21(19)24/h3-9,13,20H,10-12,14H2,1-2H3. The van der Waals surface area contributed by atoms with E-state index in [0.29, 0.717) is 12.2 Å². The second-order valence-corrected chi connectivity index (χ2v) is 9.26. The Hall–Kier alpha value is -2.18. The quantitative estimate of drug-likeness (QED) is 0.756. The van der Waals surface area contributed by atoms with Crippen LogP contribution in [-0.2, 0) is 10.0 Å². The van der Waals surface area contributed by atoms with E-state index in [-0.39, 0.29) is 16.6 Å². The van der Waals surface area contributed by atoms with Crippen LogP contribution in [0.1, 0.15) is 23.5 Å². The molecule has 0 radical (unpaired) electrons. The average molecular weight is 386 g/mol. The summed E-state index contributed by atoms with van der Waals surface area (Å²) >= 11 is 0. The summed E-state index contributed by atoms with van der Waals surface area (Å²) in [4.78, 5) is 2.48. The van der Waals surface area contributed by atoms with Gasteiger partial charge in [-0.25, -0.2) is 12.8 Å². The van der Waals surface area contributed by atoms with Crippen molar-refractivity contribution in [2.45, 2.75) is 24.2 Å². The Balaban J connectivity index is 1.76. The van der Waals surface area contributed by atoms with Crippen LogP contribution in [0.3, 0.4) is 0 Å². The van der Waals surface area contributed by atoms with E-state index in [1.807, 2.05) is 6.92 Å². The number of aryl methyl sites for hydroxylation is 1. The highest BCUT2D eigenvalue weighted by atomic mass is 32.2. The van der Waals surface area contributed by atoms with Crippen LogP contribution in [0.2, 0.25) is 0 Å². The molecule has 2 aromatic carbocycles. The van der Waals surface area contributed by atoms with Gasteiger partial charge in [0.25, 0.3) is 10.0 Å². The number of hydrogen-bond acceptors (Lipinski definition) is 3. The Bertz CT molecular complexity index is 999. The minimum absolute atomic E-state index is 0.0929. The zero-order chi connectivity index (χ0) is 19.2. The topological polar surface area (TPSA) is 40.6 Å². The van der Waals surface area contributed by atoms with E-state index in [2.05, 4.69) is 18.0 Å². The molecule has 0 spiro atoms. The fraction of sp³-hybridized carbons (Fsp3) is 0.333. The molecule has 2 heterocycles. The molecule has 4 rings (SSSR count). The second kappa shape index (κ2) is 6.77. The van der Waals surface area contributed by atoms with E-state index in [4.69, 9.17) is 0 Å². The van der Waals surface area contributed by atoms with E-state index in [9.17, 15) is 12.8 Å². The third kappa shape index (κ3) is 3.28. The third-order valence-corrected chi connectivity index (χ3v) is 7.28. The number of rotatable bonds is 3. The molecule has 0 bridgehead atoms. The lowest BCUT2D eigenvalue weighted by molar-refractivity contribution is 0.354. The Morgan fingerprint density at radius 3 is 2.52 bits per heavy atom. The minimum atomic E-state index is -3.69.